The zero-order valence-corrected chi connectivity index (χ0v) is 17.7. The quantitative estimate of drug-likeness (QED) is 0.599. The van der Waals surface area contributed by atoms with E-state index in [1.54, 1.807) is 11.0 Å². The maximum Gasteiger partial charge on any atom is 0.225 e. The summed E-state index contributed by atoms with van der Waals surface area (Å²) in [4.78, 5) is 26.1. The molecule has 0 N–H and O–H groups in total. The van der Waals surface area contributed by atoms with Crippen LogP contribution in [0.5, 0.6) is 0 Å². The van der Waals surface area contributed by atoms with E-state index in [0.717, 1.165) is 50.3 Å². The van der Waals surface area contributed by atoms with Crippen LogP contribution in [0.1, 0.15) is 39.5 Å². The first-order valence-electron chi connectivity index (χ1n) is 10.9. The Morgan fingerprint density at radius 1 is 1.00 bits per heavy atom. The zero-order chi connectivity index (χ0) is 20.9. The van der Waals surface area contributed by atoms with Crippen LogP contribution in [0.15, 0.2) is 36.7 Å². The molecule has 8 nitrogen and oxygen atoms in total. The third-order valence-corrected chi connectivity index (χ3v) is 5.73. The van der Waals surface area contributed by atoms with E-state index >= 15 is 0 Å². The molecule has 3 heterocycles. The zero-order valence-electron chi connectivity index (χ0n) is 17.7. The van der Waals surface area contributed by atoms with Gasteiger partial charge in [0.2, 0.25) is 5.91 Å². The normalized spacial score (nSPS) is 14.6. The van der Waals surface area contributed by atoms with Gasteiger partial charge in [-0.05, 0) is 25.0 Å². The van der Waals surface area contributed by atoms with Crippen molar-refractivity contribution in [2.45, 2.75) is 39.5 Å². The van der Waals surface area contributed by atoms with Gasteiger partial charge in [0.25, 0.3) is 0 Å². The summed E-state index contributed by atoms with van der Waals surface area (Å²) >= 11 is 0. The molecule has 3 aromatic rings. The van der Waals surface area contributed by atoms with Crippen LogP contribution < -0.4 is 4.90 Å². The lowest BCUT2D eigenvalue weighted by Crippen LogP contribution is -2.50. The van der Waals surface area contributed by atoms with E-state index in [2.05, 4.69) is 39.0 Å². The molecule has 1 aliphatic heterocycles. The predicted molar refractivity (Wildman–Crippen MR) is 117 cm³/mol. The molecule has 0 saturated carbocycles. The minimum atomic E-state index is 0.156. The maximum atomic E-state index is 13.0. The lowest BCUT2D eigenvalue weighted by Gasteiger charge is -2.37. The molecule has 0 radical (unpaired) electrons. The molecule has 1 saturated heterocycles. The minimum Gasteiger partial charge on any atom is -0.351 e. The molecular weight excluding hydrogens is 378 g/mol. The van der Waals surface area contributed by atoms with Gasteiger partial charge in [0.15, 0.2) is 17.0 Å². The summed E-state index contributed by atoms with van der Waals surface area (Å²) in [6.45, 7) is 7.19. The Labute approximate surface area is 176 Å². The molecule has 1 aromatic carbocycles. The monoisotopic (exact) mass is 407 g/mol. The predicted octanol–water partition coefficient (Wildman–Crippen LogP) is 3.08. The second-order valence-corrected chi connectivity index (χ2v) is 7.79. The first-order valence-corrected chi connectivity index (χ1v) is 10.9. The van der Waals surface area contributed by atoms with Gasteiger partial charge in [0, 0.05) is 32.1 Å². The second-order valence-electron chi connectivity index (χ2n) is 7.79. The largest absolute Gasteiger partial charge is 0.351 e. The Kier molecular flexibility index (Phi) is 6.21. The second kappa shape index (κ2) is 9.19. The lowest BCUT2D eigenvalue weighted by atomic mass is 9.96. The molecule has 0 spiro atoms. The smallest absolute Gasteiger partial charge is 0.225 e. The van der Waals surface area contributed by atoms with Crippen LogP contribution in [0.25, 0.3) is 16.9 Å². The molecule has 1 fully saturated rings. The van der Waals surface area contributed by atoms with Crippen LogP contribution >= 0.6 is 0 Å². The van der Waals surface area contributed by atoms with Gasteiger partial charge in [-0.15, -0.1) is 5.10 Å². The standard InChI is InChI=1S/C22H29N7O/c1-3-8-17(9-4-2)22(30)28-14-12-27(13-15-28)20-19-21(24-16-23-20)29(26-25-19)18-10-6-5-7-11-18/h5-7,10-11,16-17H,3-4,8-9,12-15H2,1-2H3. The van der Waals surface area contributed by atoms with E-state index in [9.17, 15) is 4.79 Å². The molecule has 1 aliphatic rings. The van der Waals surface area contributed by atoms with E-state index in [1.165, 1.54) is 0 Å². The molecule has 30 heavy (non-hydrogen) atoms. The first-order chi connectivity index (χ1) is 14.7. The fraction of sp³-hybridized carbons (Fsp3) is 0.500. The Hall–Kier alpha value is -3.03. The first kappa shape index (κ1) is 20.3. The van der Waals surface area contributed by atoms with Gasteiger partial charge < -0.3 is 9.80 Å². The summed E-state index contributed by atoms with van der Waals surface area (Å²) in [5.41, 5.74) is 2.30. The number of nitrogens with zero attached hydrogens (tertiary/aromatic N) is 7. The molecule has 158 valence electrons. The number of carbonyl (C=O) groups is 1. The van der Waals surface area contributed by atoms with E-state index in [-0.39, 0.29) is 5.92 Å². The van der Waals surface area contributed by atoms with Crippen molar-refractivity contribution in [3.63, 3.8) is 0 Å². The van der Waals surface area contributed by atoms with Crippen molar-refractivity contribution in [2.24, 2.45) is 5.92 Å². The fourth-order valence-corrected chi connectivity index (χ4v) is 4.20. The number of aromatic nitrogens is 5. The number of rotatable bonds is 7. The Morgan fingerprint density at radius 2 is 1.70 bits per heavy atom. The Morgan fingerprint density at radius 3 is 2.37 bits per heavy atom. The highest BCUT2D eigenvalue weighted by molar-refractivity contribution is 5.84. The van der Waals surface area contributed by atoms with Crippen LogP contribution in [-0.2, 0) is 4.79 Å². The van der Waals surface area contributed by atoms with Gasteiger partial charge >= 0.3 is 0 Å². The number of anilines is 1. The third kappa shape index (κ3) is 3.99. The topological polar surface area (TPSA) is 80.0 Å². The van der Waals surface area contributed by atoms with Crippen molar-refractivity contribution < 1.29 is 4.79 Å². The number of benzene rings is 1. The molecular formula is C22H29N7O. The van der Waals surface area contributed by atoms with Gasteiger partial charge in [-0.1, -0.05) is 50.1 Å². The summed E-state index contributed by atoms with van der Waals surface area (Å²) in [6.07, 6.45) is 5.61. The summed E-state index contributed by atoms with van der Waals surface area (Å²) in [5, 5.41) is 8.67. The van der Waals surface area contributed by atoms with Gasteiger partial charge in [-0.3, -0.25) is 4.79 Å². The van der Waals surface area contributed by atoms with Crippen molar-refractivity contribution in [2.75, 3.05) is 31.1 Å². The SMILES string of the molecule is CCCC(CCC)C(=O)N1CCN(c2ncnc3c2nnn3-c2ccccc2)CC1. The number of fused-ring (bicyclic) bond motifs is 1. The fourth-order valence-electron chi connectivity index (χ4n) is 4.20. The van der Waals surface area contributed by atoms with Crippen LogP contribution in [0, 0.1) is 5.92 Å². The molecule has 0 bridgehead atoms. The molecule has 2 aromatic heterocycles. The Bertz CT molecular complexity index is 974. The van der Waals surface area contributed by atoms with Gasteiger partial charge in [-0.25, -0.2) is 9.97 Å². The van der Waals surface area contributed by atoms with Crippen LogP contribution in [0.4, 0.5) is 5.82 Å². The average Bonchev–Trinajstić information content (AvgIpc) is 3.23. The number of amides is 1. The number of para-hydroxylation sites is 1. The summed E-state index contributed by atoms with van der Waals surface area (Å²) in [7, 11) is 0. The number of hydrogen-bond donors (Lipinski definition) is 0. The third-order valence-electron chi connectivity index (χ3n) is 5.73. The van der Waals surface area contributed by atoms with Gasteiger partial charge in [0.1, 0.15) is 6.33 Å². The maximum absolute atomic E-state index is 13.0. The van der Waals surface area contributed by atoms with Crippen LogP contribution in [-0.4, -0.2) is 61.9 Å². The summed E-state index contributed by atoms with van der Waals surface area (Å²) in [6, 6.07) is 9.85. The van der Waals surface area contributed by atoms with Gasteiger partial charge in [-0.2, -0.15) is 4.68 Å². The van der Waals surface area contributed by atoms with Crippen molar-refractivity contribution >= 4 is 22.9 Å². The highest BCUT2D eigenvalue weighted by Gasteiger charge is 2.28. The van der Waals surface area contributed by atoms with E-state index in [0.29, 0.717) is 30.2 Å². The lowest BCUT2D eigenvalue weighted by molar-refractivity contribution is -0.136. The number of carbonyl (C=O) groups excluding carboxylic acids is 1. The van der Waals surface area contributed by atoms with E-state index < -0.39 is 0 Å². The average molecular weight is 408 g/mol. The van der Waals surface area contributed by atoms with Crippen molar-refractivity contribution in [1.29, 1.82) is 0 Å². The summed E-state index contributed by atoms with van der Waals surface area (Å²) in [5.74, 6) is 1.25. The highest BCUT2D eigenvalue weighted by atomic mass is 16.2. The van der Waals surface area contributed by atoms with E-state index in [1.807, 2.05) is 35.2 Å². The Balaban J connectivity index is 1.50. The summed E-state index contributed by atoms with van der Waals surface area (Å²) < 4.78 is 1.74. The molecule has 0 unspecified atom stereocenters. The van der Waals surface area contributed by atoms with Crippen molar-refractivity contribution in [3.8, 4) is 5.69 Å². The molecule has 8 heteroatoms. The highest BCUT2D eigenvalue weighted by Crippen LogP contribution is 2.24. The van der Waals surface area contributed by atoms with E-state index in [4.69, 9.17) is 0 Å². The minimum absolute atomic E-state index is 0.156. The van der Waals surface area contributed by atoms with Crippen molar-refractivity contribution in [1.82, 2.24) is 29.9 Å². The molecule has 0 atom stereocenters. The van der Waals surface area contributed by atoms with Crippen LogP contribution in [0.2, 0.25) is 0 Å². The molecule has 1 amide bonds. The number of hydrogen-bond acceptors (Lipinski definition) is 6. The molecule has 0 aliphatic carbocycles. The van der Waals surface area contributed by atoms with Gasteiger partial charge in [0.05, 0.1) is 5.69 Å². The van der Waals surface area contributed by atoms with Crippen molar-refractivity contribution in [3.05, 3.63) is 36.7 Å². The van der Waals surface area contributed by atoms with Crippen LogP contribution in [0.3, 0.4) is 0 Å². The number of piperazine rings is 1. The molecule has 4 rings (SSSR count).